The molecule has 86 valence electrons. The van der Waals surface area contributed by atoms with E-state index in [0.717, 1.165) is 18.8 Å². The second-order valence-corrected chi connectivity index (χ2v) is 6.05. The molecule has 0 saturated carbocycles. The van der Waals surface area contributed by atoms with Crippen LogP contribution in [0.2, 0.25) is 4.34 Å². The fraction of sp³-hybridized carbons (Fsp3) is 0.400. The van der Waals surface area contributed by atoms with E-state index in [-0.39, 0.29) is 0 Å². The average Bonchev–Trinajstić information content (AvgIpc) is 2.79. The van der Waals surface area contributed by atoms with Crippen molar-refractivity contribution >= 4 is 34.5 Å². The summed E-state index contributed by atoms with van der Waals surface area (Å²) in [5, 5.41) is 6.13. The molecule has 6 heteroatoms. The lowest BCUT2D eigenvalue weighted by atomic mass is 10.3. The number of aromatic nitrogens is 2. The molecule has 16 heavy (non-hydrogen) atoms. The number of halogens is 1. The maximum atomic E-state index is 5.97. The number of hydrogen-bond donors (Lipinski definition) is 0. The van der Waals surface area contributed by atoms with Crippen LogP contribution in [0.1, 0.15) is 16.1 Å². The van der Waals surface area contributed by atoms with Crippen molar-refractivity contribution in [3.63, 3.8) is 0 Å². The molecule has 0 radical (unpaired) electrons. The maximum absolute atomic E-state index is 5.97. The quantitative estimate of drug-likeness (QED) is 0.857. The highest BCUT2D eigenvalue weighted by Crippen LogP contribution is 2.21. The Balaban J connectivity index is 1.97. The van der Waals surface area contributed by atoms with Gasteiger partial charge in [0, 0.05) is 29.5 Å². The zero-order valence-electron chi connectivity index (χ0n) is 9.11. The smallest absolute Gasteiger partial charge is 0.138 e. The van der Waals surface area contributed by atoms with Gasteiger partial charge in [0.2, 0.25) is 0 Å². The minimum atomic E-state index is 0.690. The van der Waals surface area contributed by atoms with Crippen molar-refractivity contribution in [3.05, 3.63) is 31.9 Å². The summed E-state index contributed by atoms with van der Waals surface area (Å²) in [6.07, 6.45) is 0. The van der Waals surface area contributed by atoms with Gasteiger partial charge in [-0.05, 0) is 31.0 Å². The topological polar surface area (TPSA) is 29.0 Å². The predicted molar refractivity (Wildman–Crippen MR) is 69.1 cm³/mol. The van der Waals surface area contributed by atoms with Crippen LogP contribution in [0, 0.1) is 6.92 Å². The Labute approximate surface area is 108 Å². The molecule has 0 aliphatic carbocycles. The van der Waals surface area contributed by atoms with Crippen molar-refractivity contribution in [3.8, 4) is 0 Å². The van der Waals surface area contributed by atoms with Gasteiger partial charge in [-0.15, -0.1) is 16.4 Å². The summed E-state index contributed by atoms with van der Waals surface area (Å²) in [6.45, 7) is 3.81. The minimum absolute atomic E-state index is 0.690. The molecule has 0 aliphatic rings. The molecule has 2 aromatic heterocycles. The van der Waals surface area contributed by atoms with Crippen LogP contribution in [0.3, 0.4) is 0 Å². The second kappa shape index (κ2) is 5.23. The third-order valence-corrected chi connectivity index (χ3v) is 4.30. The summed E-state index contributed by atoms with van der Waals surface area (Å²) in [5.74, 6) is 0. The van der Waals surface area contributed by atoms with Crippen LogP contribution in [-0.4, -0.2) is 21.5 Å². The van der Waals surface area contributed by atoms with E-state index >= 15 is 0 Å². The van der Waals surface area contributed by atoms with E-state index in [0.29, 0.717) is 4.34 Å². The van der Waals surface area contributed by atoms with Gasteiger partial charge in [-0.2, -0.15) is 0 Å². The zero-order chi connectivity index (χ0) is 11.5. The summed E-state index contributed by atoms with van der Waals surface area (Å²) < 4.78 is 4.51. The molecule has 0 aliphatic heterocycles. The lowest BCUT2D eigenvalue weighted by Gasteiger charge is -2.14. The molecule has 2 heterocycles. The molecule has 0 unspecified atom stereocenters. The van der Waals surface area contributed by atoms with E-state index < -0.39 is 0 Å². The highest BCUT2D eigenvalue weighted by molar-refractivity contribution is 7.10. The van der Waals surface area contributed by atoms with Crippen molar-refractivity contribution in [2.45, 2.75) is 20.0 Å². The lowest BCUT2D eigenvalue weighted by Crippen LogP contribution is -2.17. The van der Waals surface area contributed by atoms with Gasteiger partial charge in [-0.1, -0.05) is 16.1 Å². The van der Waals surface area contributed by atoms with Crippen LogP contribution < -0.4 is 0 Å². The first-order chi connectivity index (χ1) is 7.66. The number of thiophene rings is 1. The Bertz CT molecular complexity index is 424. The molecule has 0 fully saturated rings. The zero-order valence-corrected chi connectivity index (χ0v) is 11.5. The predicted octanol–water partition coefficient (Wildman–Crippen LogP) is 3.19. The molecular weight excluding hydrogens is 262 g/mol. The van der Waals surface area contributed by atoms with Crippen molar-refractivity contribution in [2.75, 3.05) is 7.05 Å². The van der Waals surface area contributed by atoms with Crippen LogP contribution in [0.4, 0.5) is 0 Å². The molecule has 3 nitrogen and oxygen atoms in total. The van der Waals surface area contributed by atoms with Crippen LogP contribution in [0.15, 0.2) is 11.4 Å². The third kappa shape index (κ3) is 2.79. The van der Waals surface area contributed by atoms with E-state index in [9.17, 15) is 0 Å². The van der Waals surface area contributed by atoms with Gasteiger partial charge in [0.15, 0.2) is 0 Å². The summed E-state index contributed by atoms with van der Waals surface area (Å²) in [6, 6.07) is 2.14. The summed E-state index contributed by atoms with van der Waals surface area (Å²) in [7, 11) is 2.06. The highest BCUT2D eigenvalue weighted by atomic mass is 35.5. The molecule has 0 amide bonds. The SMILES string of the molecule is Cc1ccsc1CN(C)Cc1nnsc1Cl. The highest BCUT2D eigenvalue weighted by Gasteiger charge is 2.10. The fourth-order valence-electron chi connectivity index (χ4n) is 1.41. The third-order valence-electron chi connectivity index (χ3n) is 2.31. The largest absolute Gasteiger partial charge is 0.295 e. The monoisotopic (exact) mass is 273 g/mol. The van der Waals surface area contributed by atoms with E-state index in [1.54, 1.807) is 11.3 Å². The Morgan fingerprint density at radius 2 is 2.25 bits per heavy atom. The molecule has 2 aromatic rings. The standard InChI is InChI=1S/C10H12ClN3S2/c1-7-3-4-15-9(7)6-14(2)5-8-10(11)16-13-12-8/h3-4H,5-6H2,1-2H3. The molecular formula is C10H12ClN3S2. The van der Waals surface area contributed by atoms with Crippen molar-refractivity contribution in [1.82, 2.24) is 14.5 Å². The van der Waals surface area contributed by atoms with Crippen LogP contribution in [0.25, 0.3) is 0 Å². The first-order valence-electron chi connectivity index (χ1n) is 4.85. The van der Waals surface area contributed by atoms with Crippen LogP contribution in [-0.2, 0) is 13.1 Å². The Kier molecular flexibility index (Phi) is 3.91. The molecule has 2 rings (SSSR count). The molecule has 0 aromatic carbocycles. The van der Waals surface area contributed by atoms with Gasteiger partial charge < -0.3 is 0 Å². The van der Waals surface area contributed by atoms with E-state index in [1.807, 2.05) is 0 Å². The molecule has 0 N–H and O–H groups in total. The fourth-order valence-corrected chi connectivity index (χ4v) is 3.01. The van der Waals surface area contributed by atoms with Gasteiger partial charge >= 0.3 is 0 Å². The number of aryl methyl sites for hydroxylation is 1. The molecule has 0 bridgehead atoms. The summed E-state index contributed by atoms with van der Waals surface area (Å²) in [5.41, 5.74) is 2.21. The Morgan fingerprint density at radius 3 is 2.81 bits per heavy atom. The summed E-state index contributed by atoms with van der Waals surface area (Å²) >= 11 is 8.99. The maximum Gasteiger partial charge on any atom is 0.138 e. The first kappa shape index (κ1) is 12.0. The number of nitrogens with zero attached hydrogens (tertiary/aromatic N) is 3. The van der Waals surface area contributed by atoms with Crippen molar-refractivity contribution in [1.29, 1.82) is 0 Å². The van der Waals surface area contributed by atoms with E-state index in [2.05, 4.69) is 39.9 Å². The molecule has 0 atom stereocenters. The van der Waals surface area contributed by atoms with Gasteiger partial charge in [-0.3, -0.25) is 4.90 Å². The lowest BCUT2D eigenvalue weighted by molar-refractivity contribution is 0.317. The Morgan fingerprint density at radius 1 is 1.44 bits per heavy atom. The normalized spacial score (nSPS) is 11.2. The molecule has 0 saturated heterocycles. The second-order valence-electron chi connectivity index (χ2n) is 3.69. The van der Waals surface area contributed by atoms with Crippen LogP contribution >= 0.6 is 34.5 Å². The first-order valence-corrected chi connectivity index (χ1v) is 6.88. The Hall–Kier alpha value is -0.490. The van der Waals surface area contributed by atoms with Crippen LogP contribution in [0.5, 0.6) is 0 Å². The van der Waals surface area contributed by atoms with E-state index in [1.165, 1.54) is 22.0 Å². The van der Waals surface area contributed by atoms with Gasteiger partial charge in [-0.25, -0.2) is 0 Å². The van der Waals surface area contributed by atoms with Gasteiger partial charge in [0.1, 0.15) is 10.0 Å². The van der Waals surface area contributed by atoms with Gasteiger partial charge in [0.25, 0.3) is 0 Å². The van der Waals surface area contributed by atoms with Crippen molar-refractivity contribution < 1.29 is 0 Å². The van der Waals surface area contributed by atoms with Gasteiger partial charge in [0.05, 0.1) is 0 Å². The molecule has 0 spiro atoms. The minimum Gasteiger partial charge on any atom is -0.295 e. The number of hydrogen-bond acceptors (Lipinski definition) is 5. The summed E-state index contributed by atoms with van der Waals surface area (Å²) in [4.78, 5) is 3.59. The average molecular weight is 274 g/mol. The number of rotatable bonds is 4. The van der Waals surface area contributed by atoms with Crippen molar-refractivity contribution in [2.24, 2.45) is 0 Å². The van der Waals surface area contributed by atoms with E-state index in [4.69, 9.17) is 11.6 Å².